The van der Waals surface area contributed by atoms with Gasteiger partial charge in [0.25, 0.3) is 0 Å². The second-order valence-electron chi connectivity index (χ2n) is 6.99. The summed E-state index contributed by atoms with van der Waals surface area (Å²) >= 11 is 5.41. The maximum atomic E-state index is 11.8. The molecule has 0 unspecified atom stereocenters. The number of benzene rings is 2. The van der Waals surface area contributed by atoms with Crippen LogP contribution in [-0.2, 0) is 11.3 Å². The van der Waals surface area contributed by atoms with Crippen molar-refractivity contribution in [3.05, 3.63) is 59.2 Å². The van der Waals surface area contributed by atoms with E-state index in [1.165, 1.54) is 37.6 Å². The monoisotopic (exact) mass is 397 g/mol. The Kier molecular flexibility index (Phi) is 6.87. The summed E-state index contributed by atoms with van der Waals surface area (Å²) in [4.78, 5) is 14.3. The zero-order chi connectivity index (χ0) is 19.9. The SMILES string of the molecule is COC(=O)c1cccc(NC(=S)NCc2ccc(N3CCCCC3)cc2)c1C. The van der Waals surface area contributed by atoms with Crippen molar-refractivity contribution in [2.45, 2.75) is 32.7 Å². The summed E-state index contributed by atoms with van der Waals surface area (Å²) in [6.07, 6.45) is 3.89. The van der Waals surface area contributed by atoms with E-state index in [0.29, 0.717) is 17.2 Å². The third kappa shape index (κ3) is 5.01. The van der Waals surface area contributed by atoms with E-state index in [2.05, 4.69) is 39.8 Å². The first-order chi connectivity index (χ1) is 13.6. The van der Waals surface area contributed by atoms with Gasteiger partial charge in [0.05, 0.1) is 12.7 Å². The standard InChI is InChI=1S/C22H27N3O2S/c1-16-19(21(26)27-2)7-6-8-20(16)24-22(28)23-15-17-9-11-18(12-10-17)25-13-4-3-5-14-25/h6-12H,3-5,13-15H2,1-2H3,(H2,23,24,28). The van der Waals surface area contributed by atoms with Gasteiger partial charge in [0.2, 0.25) is 0 Å². The Bertz CT molecular complexity index is 830. The third-order valence-electron chi connectivity index (χ3n) is 5.10. The predicted octanol–water partition coefficient (Wildman–Crippen LogP) is 4.26. The molecule has 2 aromatic rings. The maximum Gasteiger partial charge on any atom is 0.338 e. The van der Waals surface area contributed by atoms with E-state index < -0.39 is 0 Å². The van der Waals surface area contributed by atoms with Gasteiger partial charge in [-0.3, -0.25) is 0 Å². The fourth-order valence-corrected chi connectivity index (χ4v) is 3.61. The van der Waals surface area contributed by atoms with Crippen molar-refractivity contribution in [1.82, 2.24) is 5.32 Å². The number of esters is 1. The highest BCUT2D eigenvalue weighted by Crippen LogP contribution is 2.21. The lowest BCUT2D eigenvalue weighted by atomic mass is 10.1. The second kappa shape index (κ2) is 9.55. The smallest absolute Gasteiger partial charge is 0.338 e. The molecule has 0 bridgehead atoms. The van der Waals surface area contributed by atoms with E-state index in [0.717, 1.165) is 24.3 Å². The van der Waals surface area contributed by atoms with Gasteiger partial charge < -0.3 is 20.3 Å². The number of anilines is 2. The van der Waals surface area contributed by atoms with E-state index in [4.69, 9.17) is 17.0 Å². The number of carbonyl (C=O) groups excluding carboxylic acids is 1. The predicted molar refractivity (Wildman–Crippen MR) is 118 cm³/mol. The Hall–Kier alpha value is -2.60. The van der Waals surface area contributed by atoms with Gasteiger partial charge in [-0.1, -0.05) is 18.2 Å². The summed E-state index contributed by atoms with van der Waals surface area (Å²) in [5, 5.41) is 6.91. The van der Waals surface area contributed by atoms with Crippen LogP contribution in [0.1, 0.15) is 40.7 Å². The molecule has 28 heavy (non-hydrogen) atoms. The van der Waals surface area contributed by atoms with Gasteiger partial charge in [0.15, 0.2) is 5.11 Å². The molecule has 0 radical (unpaired) electrons. The van der Waals surface area contributed by atoms with Crippen LogP contribution in [0.4, 0.5) is 11.4 Å². The van der Waals surface area contributed by atoms with Crippen molar-refractivity contribution in [3.8, 4) is 0 Å². The van der Waals surface area contributed by atoms with Crippen LogP contribution in [0.25, 0.3) is 0 Å². The minimum absolute atomic E-state index is 0.353. The molecule has 2 aromatic carbocycles. The summed E-state index contributed by atoms with van der Waals surface area (Å²) in [7, 11) is 1.38. The Morgan fingerprint density at radius 3 is 2.50 bits per heavy atom. The number of rotatable bonds is 5. The number of hydrogen-bond acceptors (Lipinski definition) is 4. The molecule has 2 N–H and O–H groups in total. The number of carbonyl (C=O) groups is 1. The first kappa shape index (κ1) is 20.1. The zero-order valence-corrected chi connectivity index (χ0v) is 17.3. The molecule has 0 spiro atoms. The van der Waals surface area contributed by atoms with Crippen LogP contribution in [0.2, 0.25) is 0 Å². The molecule has 3 rings (SSSR count). The van der Waals surface area contributed by atoms with Crippen molar-refractivity contribution in [3.63, 3.8) is 0 Å². The van der Waals surface area contributed by atoms with E-state index in [1.54, 1.807) is 6.07 Å². The van der Waals surface area contributed by atoms with Crippen molar-refractivity contribution in [1.29, 1.82) is 0 Å². The van der Waals surface area contributed by atoms with E-state index >= 15 is 0 Å². The number of methoxy groups -OCH3 is 1. The van der Waals surface area contributed by atoms with Crippen LogP contribution in [0.5, 0.6) is 0 Å². The van der Waals surface area contributed by atoms with Gasteiger partial charge in [0, 0.05) is 31.0 Å². The quantitative estimate of drug-likeness (QED) is 0.581. The van der Waals surface area contributed by atoms with E-state index in [1.807, 2.05) is 19.1 Å². The van der Waals surface area contributed by atoms with Crippen molar-refractivity contribution < 1.29 is 9.53 Å². The van der Waals surface area contributed by atoms with Crippen molar-refractivity contribution in [2.24, 2.45) is 0 Å². The second-order valence-corrected chi connectivity index (χ2v) is 7.40. The van der Waals surface area contributed by atoms with Crippen LogP contribution < -0.4 is 15.5 Å². The summed E-state index contributed by atoms with van der Waals surface area (Å²) in [6.45, 7) is 4.81. The molecule has 1 heterocycles. The summed E-state index contributed by atoms with van der Waals surface area (Å²) in [5.74, 6) is -0.353. The summed E-state index contributed by atoms with van der Waals surface area (Å²) in [5.41, 5.74) is 4.60. The molecule has 6 heteroatoms. The van der Waals surface area contributed by atoms with Crippen molar-refractivity contribution in [2.75, 3.05) is 30.4 Å². The molecule has 0 amide bonds. The largest absolute Gasteiger partial charge is 0.465 e. The van der Waals surface area contributed by atoms with Crippen LogP contribution in [0.3, 0.4) is 0 Å². The van der Waals surface area contributed by atoms with Gasteiger partial charge >= 0.3 is 5.97 Å². The lowest BCUT2D eigenvalue weighted by Crippen LogP contribution is -2.29. The highest BCUT2D eigenvalue weighted by Gasteiger charge is 2.13. The van der Waals surface area contributed by atoms with Crippen LogP contribution in [0.15, 0.2) is 42.5 Å². The lowest BCUT2D eigenvalue weighted by molar-refractivity contribution is 0.0600. The van der Waals surface area contributed by atoms with Gasteiger partial charge in [0.1, 0.15) is 0 Å². The molecule has 1 aliphatic rings. The van der Waals surface area contributed by atoms with Crippen LogP contribution in [-0.4, -0.2) is 31.3 Å². The average molecular weight is 398 g/mol. The van der Waals surface area contributed by atoms with Crippen molar-refractivity contribution >= 4 is 34.7 Å². The van der Waals surface area contributed by atoms with Gasteiger partial charge in [-0.25, -0.2) is 4.79 Å². The molecule has 1 aliphatic heterocycles. The molecule has 1 fully saturated rings. The third-order valence-corrected chi connectivity index (χ3v) is 5.34. The topological polar surface area (TPSA) is 53.6 Å². The molecule has 1 saturated heterocycles. The van der Waals surface area contributed by atoms with Gasteiger partial charge in [-0.05, 0) is 73.8 Å². The fourth-order valence-electron chi connectivity index (χ4n) is 3.43. The highest BCUT2D eigenvalue weighted by molar-refractivity contribution is 7.80. The Balaban J connectivity index is 1.55. The van der Waals surface area contributed by atoms with Gasteiger partial charge in [-0.2, -0.15) is 0 Å². The zero-order valence-electron chi connectivity index (χ0n) is 16.5. The van der Waals surface area contributed by atoms with Crippen LogP contribution in [0, 0.1) is 6.92 Å². The first-order valence-electron chi connectivity index (χ1n) is 9.65. The normalized spacial score (nSPS) is 13.7. The Labute approximate surface area is 172 Å². The molecule has 0 aromatic heterocycles. The number of piperidine rings is 1. The van der Waals surface area contributed by atoms with E-state index in [-0.39, 0.29) is 5.97 Å². The van der Waals surface area contributed by atoms with Crippen LogP contribution >= 0.6 is 12.2 Å². The molecule has 148 valence electrons. The molecule has 0 atom stereocenters. The Morgan fingerprint density at radius 2 is 1.82 bits per heavy atom. The number of thiocarbonyl (C=S) groups is 1. The summed E-state index contributed by atoms with van der Waals surface area (Å²) < 4.78 is 4.82. The fraction of sp³-hybridized carbons (Fsp3) is 0.364. The number of ether oxygens (including phenoxy) is 1. The van der Waals surface area contributed by atoms with Gasteiger partial charge in [-0.15, -0.1) is 0 Å². The molecular formula is C22H27N3O2S. The number of nitrogens with zero attached hydrogens (tertiary/aromatic N) is 1. The number of nitrogens with one attached hydrogen (secondary N) is 2. The maximum absolute atomic E-state index is 11.8. The summed E-state index contributed by atoms with van der Waals surface area (Å²) in [6, 6.07) is 14.1. The molecule has 0 saturated carbocycles. The number of hydrogen-bond donors (Lipinski definition) is 2. The molecule has 0 aliphatic carbocycles. The molecular weight excluding hydrogens is 370 g/mol. The lowest BCUT2D eigenvalue weighted by Gasteiger charge is -2.28. The Morgan fingerprint density at radius 1 is 1.11 bits per heavy atom. The molecule has 5 nitrogen and oxygen atoms in total. The minimum Gasteiger partial charge on any atom is -0.465 e. The highest BCUT2D eigenvalue weighted by atomic mass is 32.1. The van der Waals surface area contributed by atoms with E-state index in [9.17, 15) is 4.79 Å². The first-order valence-corrected chi connectivity index (χ1v) is 10.1. The minimum atomic E-state index is -0.353. The average Bonchev–Trinajstić information content (AvgIpc) is 2.74.